The van der Waals surface area contributed by atoms with Crippen molar-refractivity contribution in [2.45, 2.75) is 6.54 Å². The molecule has 0 aliphatic heterocycles. The van der Waals surface area contributed by atoms with Gasteiger partial charge in [-0.3, -0.25) is 4.79 Å². The first-order valence-electron chi connectivity index (χ1n) is 6.91. The molecule has 6 heteroatoms. The molecule has 116 valence electrons. The quantitative estimate of drug-likeness (QED) is 0.693. The molecular formula is C17H13BrN2O2S. The summed E-state index contributed by atoms with van der Waals surface area (Å²) in [5.74, 6) is 0.536. The Kier molecular flexibility index (Phi) is 5.05. The van der Waals surface area contributed by atoms with Crippen molar-refractivity contribution < 1.29 is 9.53 Å². The molecule has 0 unspecified atom stereocenters. The van der Waals surface area contributed by atoms with Crippen molar-refractivity contribution in [3.63, 3.8) is 0 Å². The van der Waals surface area contributed by atoms with E-state index in [4.69, 9.17) is 4.74 Å². The summed E-state index contributed by atoms with van der Waals surface area (Å²) in [6, 6.07) is 14.8. The van der Waals surface area contributed by atoms with Crippen LogP contribution >= 0.6 is 27.3 Å². The van der Waals surface area contributed by atoms with Crippen molar-refractivity contribution in [3.8, 4) is 10.9 Å². The summed E-state index contributed by atoms with van der Waals surface area (Å²) in [5, 5.41) is 5.32. The fourth-order valence-electron chi connectivity index (χ4n) is 1.97. The molecule has 3 rings (SSSR count). The van der Waals surface area contributed by atoms with Gasteiger partial charge in [-0.15, -0.1) is 0 Å². The highest BCUT2D eigenvalue weighted by Gasteiger charge is 2.06. The normalized spacial score (nSPS) is 10.3. The number of rotatable bonds is 5. The molecule has 23 heavy (non-hydrogen) atoms. The molecule has 0 saturated carbocycles. The average molecular weight is 389 g/mol. The van der Waals surface area contributed by atoms with E-state index in [1.54, 1.807) is 30.5 Å². The van der Waals surface area contributed by atoms with E-state index in [1.807, 2.05) is 29.6 Å². The number of thiazole rings is 1. The second kappa shape index (κ2) is 7.39. The third-order valence-corrected chi connectivity index (χ3v) is 4.21. The Morgan fingerprint density at radius 2 is 2.04 bits per heavy atom. The number of nitrogens with one attached hydrogen (secondary N) is 1. The minimum Gasteiger partial charge on any atom is -0.431 e. The Morgan fingerprint density at radius 3 is 2.74 bits per heavy atom. The first-order valence-corrected chi connectivity index (χ1v) is 8.58. The number of aromatic nitrogens is 1. The second-order valence-electron chi connectivity index (χ2n) is 4.74. The molecule has 0 radical (unpaired) electrons. The number of halogens is 1. The lowest BCUT2D eigenvalue weighted by atomic mass is 10.2. The molecule has 2 aromatic carbocycles. The number of hydrogen-bond acceptors (Lipinski definition) is 4. The number of amides is 1. The Balaban J connectivity index is 1.59. The van der Waals surface area contributed by atoms with Gasteiger partial charge in [-0.2, -0.15) is 0 Å². The Bertz CT molecular complexity index is 789. The fourth-order valence-corrected chi connectivity index (χ4v) is 2.92. The van der Waals surface area contributed by atoms with Gasteiger partial charge < -0.3 is 10.1 Å². The van der Waals surface area contributed by atoms with Crippen LogP contribution in [0.2, 0.25) is 0 Å². The topological polar surface area (TPSA) is 51.2 Å². The number of benzene rings is 2. The van der Waals surface area contributed by atoms with Crippen LogP contribution in [0.5, 0.6) is 10.9 Å². The molecule has 0 bridgehead atoms. The maximum atomic E-state index is 12.2. The third kappa shape index (κ3) is 4.40. The second-order valence-corrected chi connectivity index (χ2v) is 6.51. The van der Waals surface area contributed by atoms with Crippen molar-refractivity contribution in [2.75, 3.05) is 0 Å². The summed E-state index contributed by atoms with van der Waals surface area (Å²) in [6.45, 7) is 0.482. The van der Waals surface area contributed by atoms with Crippen LogP contribution in [0.3, 0.4) is 0 Å². The zero-order valence-corrected chi connectivity index (χ0v) is 14.4. The van der Waals surface area contributed by atoms with Crippen molar-refractivity contribution in [1.82, 2.24) is 10.3 Å². The minimum atomic E-state index is -0.120. The van der Waals surface area contributed by atoms with Crippen LogP contribution in [0.4, 0.5) is 0 Å². The maximum Gasteiger partial charge on any atom is 0.278 e. The Hall–Kier alpha value is -2.18. The molecule has 4 nitrogen and oxygen atoms in total. The molecule has 0 aliphatic rings. The highest BCUT2D eigenvalue weighted by atomic mass is 79.9. The number of carbonyl (C=O) groups excluding carboxylic acids is 1. The molecule has 0 aliphatic carbocycles. The lowest BCUT2D eigenvalue weighted by Crippen LogP contribution is -2.22. The zero-order chi connectivity index (χ0) is 16.1. The predicted octanol–water partition coefficient (Wildman–Crippen LogP) is 4.63. The Morgan fingerprint density at radius 1 is 1.22 bits per heavy atom. The van der Waals surface area contributed by atoms with Crippen LogP contribution in [0, 0.1) is 0 Å². The van der Waals surface area contributed by atoms with Gasteiger partial charge in [0.2, 0.25) is 0 Å². The number of carbonyl (C=O) groups is 1. The summed E-state index contributed by atoms with van der Waals surface area (Å²) in [7, 11) is 0. The van der Waals surface area contributed by atoms with Crippen LogP contribution < -0.4 is 10.1 Å². The molecule has 3 aromatic rings. The largest absolute Gasteiger partial charge is 0.431 e. The van der Waals surface area contributed by atoms with Crippen LogP contribution in [0.25, 0.3) is 0 Å². The lowest BCUT2D eigenvalue weighted by Gasteiger charge is -2.07. The van der Waals surface area contributed by atoms with E-state index in [0.29, 0.717) is 23.1 Å². The van der Waals surface area contributed by atoms with Gasteiger partial charge in [0.1, 0.15) is 5.75 Å². The van der Waals surface area contributed by atoms with E-state index >= 15 is 0 Å². The fraction of sp³-hybridized carbons (Fsp3) is 0.0588. The molecule has 1 N–H and O–H groups in total. The van der Waals surface area contributed by atoms with E-state index in [1.165, 1.54) is 11.3 Å². The standard InChI is InChI=1S/C17H13BrN2O2S/c18-14-3-1-2-12(10-14)11-20-16(21)13-4-6-15(7-5-13)22-17-19-8-9-23-17/h1-10H,11H2,(H,20,21). The van der Waals surface area contributed by atoms with E-state index in [2.05, 4.69) is 26.2 Å². The van der Waals surface area contributed by atoms with Gasteiger partial charge in [-0.05, 0) is 42.0 Å². The molecule has 0 spiro atoms. The predicted molar refractivity (Wildman–Crippen MR) is 93.9 cm³/mol. The van der Waals surface area contributed by atoms with Gasteiger partial charge in [-0.25, -0.2) is 4.98 Å². The smallest absolute Gasteiger partial charge is 0.278 e. The Labute approximate surface area is 146 Å². The van der Waals surface area contributed by atoms with E-state index in [9.17, 15) is 4.79 Å². The summed E-state index contributed by atoms with van der Waals surface area (Å²) in [5.41, 5.74) is 1.63. The highest BCUT2D eigenvalue weighted by molar-refractivity contribution is 9.10. The zero-order valence-electron chi connectivity index (χ0n) is 12.0. The van der Waals surface area contributed by atoms with E-state index in [-0.39, 0.29) is 5.91 Å². The van der Waals surface area contributed by atoms with Gasteiger partial charge in [0, 0.05) is 28.2 Å². The maximum absolute atomic E-state index is 12.2. The van der Waals surface area contributed by atoms with Gasteiger partial charge in [-0.1, -0.05) is 39.4 Å². The first-order chi connectivity index (χ1) is 11.2. The van der Waals surface area contributed by atoms with Crippen LogP contribution in [0.1, 0.15) is 15.9 Å². The lowest BCUT2D eigenvalue weighted by molar-refractivity contribution is 0.0951. The molecule has 0 fully saturated rings. The monoisotopic (exact) mass is 388 g/mol. The van der Waals surface area contributed by atoms with Gasteiger partial charge in [0.05, 0.1) is 0 Å². The molecule has 1 amide bonds. The first kappa shape index (κ1) is 15.7. The number of nitrogens with zero attached hydrogens (tertiary/aromatic N) is 1. The van der Waals surface area contributed by atoms with Crippen LogP contribution in [-0.2, 0) is 6.54 Å². The van der Waals surface area contributed by atoms with Crippen LogP contribution in [0.15, 0.2) is 64.6 Å². The SMILES string of the molecule is O=C(NCc1cccc(Br)c1)c1ccc(Oc2nccs2)cc1. The van der Waals surface area contributed by atoms with Crippen molar-refractivity contribution >= 4 is 33.2 Å². The number of ether oxygens (including phenoxy) is 1. The highest BCUT2D eigenvalue weighted by Crippen LogP contribution is 2.23. The van der Waals surface area contributed by atoms with E-state index in [0.717, 1.165) is 10.0 Å². The van der Waals surface area contributed by atoms with Crippen molar-refractivity contribution in [1.29, 1.82) is 0 Å². The van der Waals surface area contributed by atoms with Gasteiger partial charge in [0.15, 0.2) is 0 Å². The summed E-state index contributed by atoms with van der Waals surface area (Å²) < 4.78 is 6.56. The summed E-state index contributed by atoms with van der Waals surface area (Å²) >= 11 is 4.83. The van der Waals surface area contributed by atoms with Crippen LogP contribution in [-0.4, -0.2) is 10.9 Å². The average Bonchev–Trinajstić information content (AvgIpc) is 3.06. The van der Waals surface area contributed by atoms with E-state index < -0.39 is 0 Å². The summed E-state index contributed by atoms with van der Waals surface area (Å²) in [6.07, 6.45) is 1.68. The van der Waals surface area contributed by atoms with Crippen molar-refractivity contribution in [2.24, 2.45) is 0 Å². The molecule has 1 heterocycles. The van der Waals surface area contributed by atoms with Gasteiger partial charge >= 0.3 is 0 Å². The number of hydrogen-bond donors (Lipinski definition) is 1. The molecular weight excluding hydrogens is 376 g/mol. The summed E-state index contributed by atoms with van der Waals surface area (Å²) in [4.78, 5) is 16.2. The van der Waals surface area contributed by atoms with Crippen molar-refractivity contribution in [3.05, 3.63) is 75.7 Å². The molecule has 1 aromatic heterocycles. The third-order valence-electron chi connectivity index (χ3n) is 3.07. The molecule has 0 saturated heterocycles. The molecule has 0 atom stereocenters. The van der Waals surface area contributed by atoms with Gasteiger partial charge in [0.25, 0.3) is 11.1 Å². The minimum absolute atomic E-state index is 0.120.